The highest BCUT2D eigenvalue weighted by molar-refractivity contribution is 7.21. The van der Waals surface area contributed by atoms with Gasteiger partial charge >= 0.3 is 6.03 Å². The minimum Gasteiger partial charge on any atom is -0.347 e. The minimum atomic E-state index is -0.400. The number of amides is 3. The monoisotopic (exact) mass is 411 g/mol. The summed E-state index contributed by atoms with van der Waals surface area (Å²) < 4.78 is 13.3. The Balaban J connectivity index is 1.56. The van der Waals surface area contributed by atoms with Crippen molar-refractivity contribution in [3.05, 3.63) is 47.2 Å². The van der Waals surface area contributed by atoms with Gasteiger partial charge < -0.3 is 16.0 Å². The average molecular weight is 411 g/mol. The predicted molar refractivity (Wildman–Crippen MR) is 111 cm³/mol. The molecule has 5 rings (SSSR count). The Labute approximate surface area is 169 Å². The largest absolute Gasteiger partial charge is 0.347 e. The molecule has 2 aromatic heterocycles. The lowest BCUT2D eigenvalue weighted by molar-refractivity contribution is 0.0935. The average Bonchev–Trinajstić information content (AvgIpc) is 3.10. The zero-order chi connectivity index (χ0) is 20.0. The van der Waals surface area contributed by atoms with Crippen LogP contribution in [0.25, 0.3) is 10.2 Å². The van der Waals surface area contributed by atoms with Crippen molar-refractivity contribution in [3.8, 4) is 0 Å². The molecule has 3 aromatic rings. The Morgan fingerprint density at radius 3 is 2.86 bits per heavy atom. The topological polar surface area (TPSA) is 86.4 Å². The molecule has 3 N–H and O–H groups in total. The highest BCUT2D eigenvalue weighted by atomic mass is 32.1. The molecule has 0 saturated carbocycles. The highest BCUT2D eigenvalue weighted by Gasteiger charge is 2.33. The van der Waals surface area contributed by atoms with Crippen molar-refractivity contribution in [1.82, 2.24) is 15.6 Å². The zero-order valence-corrected chi connectivity index (χ0v) is 16.2. The maximum absolute atomic E-state index is 13.3. The Hall–Kier alpha value is -3.04. The van der Waals surface area contributed by atoms with E-state index in [0.29, 0.717) is 32.2 Å². The molecule has 1 atom stereocenters. The van der Waals surface area contributed by atoms with E-state index in [1.165, 1.54) is 28.4 Å². The maximum atomic E-state index is 13.3. The summed E-state index contributed by atoms with van der Waals surface area (Å²) >= 11 is 1.26. The number of benzene rings is 1. The molecule has 29 heavy (non-hydrogen) atoms. The van der Waals surface area contributed by atoms with E-state index in [0.717, 1.165) is 25.9 Å². The van der Waals surface area contributed by atoms with Crippen molar-refractivity contribution in [2.75, 3.05) is 23.3 Å². The summed E-state index contributed by atoms with van der Waals surface area (Å²) in [4.78, 5) is 32.8. The number of pyridine rings is 1. The van der Waals surface area contributed by atoms with Crippen LogP contribution in [0.15, 0.2) is 36.5 Å². The third-order valence-corrected chi connectivity index (χ3v) is 6.27. The molecule has 0 aliphatic carbocycles. The smallest absolute Gasteiger partial charge is 0.331 e. The number of aromatic nitrogens is 1. The fourth-order valence-corrected chi connectivity index (χ4v) is 4.84. The van der Waals surface area contributed by atoms with Gasteiger partial charge in [0.2, 0.25) is 0 Å². The van der Waals surface area contributed by atoms with E-state index in [2.05, 4.69) is 20.9 Å². The molecule has 0 radical (unpaired) electrons. The Bertz CT molecular complexity index is 1110. The van der Waals surface area contributed by atoms with E-state index in [4.69, 9.17) is 0 Å². The molecule has 3 amide bonds. The second-order valence-electron chi connectivity index (χ2n) is 7.08. The van der Waals surface area contributed by atoms with Gasteiger partial charge in [0.15, 0.2) is 0 Å². The molecular formula is C20H18FN5O2S. The van der Waals surface area contributed by atoms with Crippen LogP contribution in [0.5, 0.6) is 0 Å². The number of rotatable bonds is 3. The van der Waals surface area contributed by atoms with Gasteiger partial charge in [-0.3, -0.25) is 9.69 Å². The molecule has 2 aliphatic rings. The first-order valence-corrected chi connectivity index (χ1v) is 10.2. The molecule has 1 saturated heterocycles. The van der Waals surface area contributed by atoms with Gasteiger partial charge in [-0.2, -0.15) is 0 Å². The Kier molecular flexibility index (Phi) is 4.40. The first-order chi connectivity index (χ1) is 14.1. The van der Waals surface area contributed by atoms with Crippen LogP contribution in [0.4, 0.5) is 26.2 Å². The van der Waals surface area contributed by atoms with Gasteiger partial charge in [-0.25, -0.2) is 14.2 Å². The number of nitrogens with zero attached hydrogens (tertiary/aromatic N) is 2. The normalized spacial score (nSPS) is 18.6. The number of carbonyl (C=O) groups excluding carboxylic acids is 2. The number of piperidine rings is 1. The van der Waals surface area contributed by atoms with Crippen LogP contribution < -0.4 is 20.9 Å². The van der Waals surface area contributed by atoms with Gasteiger partial charge in [-0.1, -0.05) is 0 Å². The van der Waals surface area contributed by atoms with E-state index in [1.807, 2.05) is 0 Å². The summed E-state index contributed by atoms with van der Waals surface area (Å²) in [6, 6.07) is 7.10. The quantitative estimate of drug-likeness (QED) is 0.615. The minimum absolute atomic E-state index is 0.0658. The summed E-state index contributed by atoms with van der Waals surface area (Å²) in [5.41, 5.74) is 1.64. The summed E-state index contributed by atoms with van der Waals surface area (Å²) in [7, 11) is 0. The van der Waals surface area contributed by atoms with E-state index in [1.54, 1.807) is 24.4 Å². The van der Waals surface area contributed by atoms with Crippen LogP contribution in [-0.4, -0.2) is 36.1 Å². The van der Waals surface area contributed by atoms with Crippen LogP contribution >= 0.6 is 11.3 Å². The van der Waals surface area contributed by atoms with E-state index < -0.39 is 6.03 Å². The van der Waals surface area contributed by atoms with E-state index in [9.17, 15) is 14.0 Å². The van der Waals surface area contributed by atoms with Crippen LogP contribution in [0.1, 0.15) is 22.5 Å². The van der Waals surface area contributed by atoms with Crippen molar-refractivity contribution in [2.24, 2.45) is 0 Å². The molecule has 0 spiro atoms. The van der Waals surface area contributed by atoms with Crippen LogP contribution in [0, 0.1) is 5.82 Å². The van der Waals surface area contributed by atoms with E-state index in [-0.39, 0.29) is 17.8 Å². The third-order valence-electron chi connectivity index (χ3n) is 5.17. The summed E-state index contributed by atoms with van der Waals surface area (Å²) in [5.74, 6) is -0.586. The Morgan fingerprint density at radius 1 is 1.28 bits per heavy atom. The highest BCUT2D eigenvalue weighted by Crippen LogP contribution is 2.45. The molecule has 0 bridgehead atoms. The van der Waals surface area contributed by atoms with Gasteiger partial charge in [0.1, 0.15) is 15.5 Å². The third kappa shape index (κ3) is 3.12. The van der Waals surface area contributed by atoms with Crippen molar-refractivity contribution < 1.29 is 14.0 Å². The van der Waals surface area contributed by atoms with Crippen molar-refractivity contribution in [2.45, 2.75) is 18.9 Å². The molecule has 9 heteroatoms. The van der Waals surface area contributed by atoms with Crippen LogP contribution in [-0.2, 0) is 0 Å². The second kappa shape index (κ2) is 7.09. The molecule has 1 fully saturated rings. The number of hydrogen-bond acceptors (Lipinski definition) is 5. The fraction of sp³-hybridized carbons (Fsp3) is 0.250. The summed E-state index contributed by atoms with van der Waals surface area (Å²) in [6.07, 6.45) is 3.55. The van der Waals surface area contributed by atoms with Gasteiger partial charge in [-0.05, 0) is 49.7 Å². The second-order valence-corrected chi connectivity index (χ2v) is 8.07. The molecule has 4 heterocycles. The molecule has 148 valence electrons. The lowest BCUT2D eigenvalue weighted by Crippen LogP contribution is -2.45. The molecule has 1 aromatic carbocycles. The van der Waals surface area contributed by atoms with Crippen molar-refractivity contribution in [3.63, 3.8) is 0 Å². The molecule has 2 aliphatic heterocycles. The van der Waals surface area contributed by atoms with Crippen molar-refractivity contribution >= 4 is 50.6 Å². The lowest BCUT2D eigenvalue weighted by Gasteiger charge is -2.28. The Morgan fingerprint density at radius 2 is 2.10 bits per heavy atom. The number of carbonyl (C=O) groups is 2. The maximum Gasteiger partial charge on any atom is 0.331 e. The molecule has 1 unspecified atom stereocenters. The van der Waals surface area contributed by atoms with E-state index >= 15 is 0 Å². The molecular weight excluding hydrogens is 393 g/mol. The number of halogens is 1. The first-order valence-electron chi connectivity index (χ1n) is 9.41. The SMILES string of the molecule is O=C(NC1CCCNC1)c1sc2nccc3c2c1NC(=O)N3c1ccc(F)cc1. The number of thiophene rings is 1. The van der Waals surface area contributed by atoms with Gasteiger partial charge in [0.25, 0.3) is 5.91 Å². The predicted octanol–water partition coefficient (Wildman–Crippen LogP) is 3.60. The van der Waals surface area contributed by atoms with Crippen molar-refractivity contribution in [1.29, 1.82) is 0 Å². The number of urea groups is 1. The molecule has 7 nitrogen and oxygen atoms in total. The van der Waals surface area contributed by atoms with Gasteiger partial charge in [-0.15, -0.1) is 11.3 Å². The number of hydrogen-bond donors (Lipinski definition) is 3. The van der Waals surface area contributed by atoms with Crippen LogP contribution in [0.3, 0.4) is 0 Å². The van der Waals surface area contributed by atoms with Gasteiger partial charge in [0, 0.05) is 18.8 Å². The van der Waals surface area contributed by atoms with Gasteiger partial charge in [0.05, 0.1) is 22.4 Å². The number of anilines is 3. The fourth-order valence-electron chi connectivity index (χ4n) is 3.82. The first kappa shape index (κ1) is 18.0. The summed E-state index contributed by atoms with van der Waals surface area (Å²) in [5, 5.41) is 9.89. The standard InChI is InChI=1S/C20H18FN5O2S/c21-11-3-5-13(6-4-11)26-14-7-9-23-19-15(14)16(25-20(26)28)17(29-19)18(27)24-12-2-1-8-22-10-12/h3-7,9,12,22H,1-2,8,10H2,(H,24,27)(H,25,28). The van der Waals surface area contributed by atoms with Crippen LogP contribution in [0.2, 0.25) is 0 Å². The number of nitrogens with one attached hydrogen (secondary N) is 3. The summed E-state index contributed by atoms with van der Waals surface area (Å²) in [6.45, 7) is 1.70. The lowest BCUT2D eigenvalue weighted by atomic mass is 10.1. The zero-order valence-electron chi connectivity index (χ0n) is 15.4.